The third kappa shape index (κ3) is 5.59. The van der Waals surface area contributed by atoms with E-state index in [4.69, 9.17) is 0 Å². The Balaban J connectivity index is 1.93. The largest absolute Gasteiger partial charge is 0.310 e. The minimum Gasteiger partial charge on any atom is -0.310 e. The van der Waals surface area contributed by atoms with E-state index in [9.17, 15) is 0 Å². The van der Waals surface area contributed by atoms with Gasteiger partial charge in [0.2, 0.25) is 0 Å². The normalized spacial score (nSPS) is 19.9. The second-order valence-electron chi connectivity index (χ2n) is 6.96. The molecular weight excluding hydrogens is 296 g/mol. The van der Waals surface area contributed by atoms with E-state index in [1.165, 1.54) is 40.6 Å². The summed E-state index contributed by atoms with van der Waals surface area (Å²) < 4.78 is 0.449. The van der Waals surface area contributed by atoms with E-state index in [0.717, 1.165) is 13.1 Å². The van der Waals surface area contributed by atoms with Crippen molar-refractivity contribution in [2.45, 2.75) is 64.9 Å². The summed E-state index contributed by atoms with van der Waals surface area (Å²) in [4.78, 5) is 5.60. The van der Waals surface area contributed by atoms with Crippen molar-refractivity contribution in [3.63, 3.8) is 0 Å². The smallest absolute Gasteiger partial charge is 0.0302 e. The Morgan fingerprint density at radius 2 is 2.10 bits per heavy atom. The number of nitrogens with one attached hydrogen (secondary N) is 1. The van der Waals surface area contributed by atoms with Crippen molar-refractivity contribution in [2.75, 3.05) is 18.8 Å². The van der Waals surface area contributed by atoms with Crippen LogP contribution in [0, 0.1) is 6.92 Å². The van der Waals surface area contributed by atoms with Crippen LogP contribution in [0.3, 0.4) is 0 Å². The fourth-order valence-corrected chi connectivity index (χ4v) is 4.74. The first-order valence-corrected chi connectivity index (χ1v) is 9.84. The Bertz CT molecular complexity index is 452. The van der Waals surface area contributed by atoms with Gasteiger partial charge in [-0.15, -0.1) is 11.3 Å². The van der Waals surface area contributed by atoms with E-state index < -0.39 is 0 Å². The number of thiophene rings is 1. The van der Waals surface area contributed by atoms with Crippen LogP contribution in [0.1, 0.15) is 49.4 Å². The molecule has 0 saturated carbocycles. The number of hydrogen-bond acceptors (Lipinski definition) is 4. The average molecular weight is 327 g/mol. The molecule has 0 spiro atoms. The van der Waals surface area contributed by atoms with Crippen molar-refractivity contribution in [3.8, 4) is 0 Å². The second kappa shape index (κ2) is 7.49. The Morgan fingerprint density at radius 3 is 2.81 bits per heavy atom. The molecular formula is C17H30N2S2. The van der Waals surface area contributed by atoms with Gasteiger partial charge in [-0.2, -0.15) is 11.8 Å². The highest BCUT2D eigenvalue weighted by Gasteiger charge is 2.24. The minimum absolute atomic E-state index is 0.449. The minimum atomic E-state index is 0.449. The maximum Gasteiger partial charge on any atom is 0.0302 e. The van der Waals surface area contributed by atoms with Gasteiger partial charge in [0.05, 0.1) is 0 Å². The lowest BCUT2D eigenvalue weighted by molar-refractivity contribution is 0.276. The predicted molar refractivity (Wildman–Crippen MR) is 97.5 cm³/mol. The maximum absolute atomic E-state index is 3.52. The van der Waals surface area contributed by atoms with Crippen LogP contribution in [-0.4, -0.2) is 34.5 Å². The summed E-state index contributed by atoms with van der Waals surface area (Å²) in [6, 6.07) is 2.97. The average Bonchev–Trinajstić information content (AvgIpc) is 2.64. The van der Waals surface area contributed by atoms with Gasteiger partial charge in [-0.3, -0.25) is 4.90 Å². The molecule has 1 aromatic rings. The van der Waals surface area contributed by atoms with Gasteiger partial charge in [-0.25, -0.2) is 0 Å². The lowest BCUT2D eigenvalue weighted by Crippen LogP contribution is -2.26. The van der Waals surface area contributed by atoms with Crippen LogP contribution in [0.25, 0.3) is 0 Å². The molecule has 0 amide bonds. The quantitative estimate of drug-likeness (QED) is 0.870. The molecule has 1 aliphatic heterocycles. The molecule has 0 atom stereocenters. The zero-order chi connectivity index (χ0) is 15.5. The van der Waals surface area contributed by atoms with Crippen LogP contribution in [-0.2, 0) is 13.1 Å². The maximum atomic E-state index is 3.52. The van der Waals surface area contributed by atoms with Crippen molar-refractivity contribution in [2.24, 2.45) is 0 Å². The summed E-state index contributed by atoms with van der Waals surface area (Å²) in [6.07, 6.45) is 1.29. The van der Waals surface area contributed by atoms with Crippen molar-refractivity contribution in [1.82, 2.24) is 10.2 Å². The van der Waals surface area contributed by atoms with Gasteiger partial charge < -0.3 is 5.32 Å². The van der Waals surface area contributed by atoms with Gasteiger partial charge in [0.25, 0.3) is 0 Å². The molecule has 1 aromatic heterocycles. The van der Waals surface area contributed by atoms with Gasteiger partial charge >= 0.3 is 0 Å². The molecule has 1 fully saturated rings. The molecule has 2 rings (SSSR count). The van der Waals surface area contributed by atoms with E-state index in [-0.39, 0.29) is 0 Å². The highest BCUT2D eigenvalue weighted by atomic mass is 32.2. The SMILES string of the molecule is Cc1sc(CNC(C)C)cc1CN1CCSC(C)(C)CC1. The molecule has 1 saturated heterocycles. The summed E-state index contributed by atoms with van der Waals surface area (Å²) in [5.74, 6) is 1.26. The highest BCUT2D eigenvalue weighted by Crippen LogP contribution is 2.31. The first-order chi connectivity index (χ1) is 9.85. The van der Waals surface area contributed by atoms with Crippen LogP contribution in [0.2, 0.25) is 0 Å². The third-order valence-electron chi connectivity index (χ3n) is 4.08. The standard InChI is InChI=1S/C17H30N2S2/c1-13(2)18-11-16-10-15(14(3)21-16)12-19-7-6-17(4,5)20-9-8-19/h10,13,18H,6-9,11-12H2,1-5H3. The lowest BCUT2D eigenvalue weighted by atomic mass is 10.1. The monoisotopic (exact) mass is 326 g/mol. The molecule has 2 nitrogen and oxygen atoms in total. The summed E-state index contributed by atoms with van der Waals surface area (Å²) in [5.41, 5.74) is 1.53. The first kappa shape index (κ1) is 17.3. The molecule has 1 N–H and O–H groups in total. The zero-order valence-corrected chi connectivity index (χ0v) is 15.8. The Morgan fingerprint density at radius 1 is 1.33 bits per heavy atom. The van der Waals surface area contributed by atoms with Crippen LogP contribution in [0.15, 0.2) is 6.07 Å². The number of rotatable bonds is 5. The Kier molecular flexibility index (Phi) is 6.18. The highest BCUT2D eigenvalue weighted by molar-refractivity contribution is 8.00. The molecule has 1 aliphatic rings. The number of aryl methyl sites for hydroxylation is 1. The third-order valence-corrected chi connectivity index (χ3v) is 6.55. The van der Waals surface area contributed by atoms with Crippen LogP contribution >= 0.6 is 23.1 Å². The van der Waals surface area contributed by atoms with Crippen LogP contribution in [0.4, 0.5) is 0 Å². The summed E-state index contributed by atoms with van der Waals surface area (Å²) in [6.45, 7) is 16.0. The summed E-state index contributed by atoms with van der Waals surface area (Å²) >= 11 is 4.08. The van der Waals surface area contributed by atoms with E-state index in [2.05, 4.69) is 62.7 Å². The molecule has 21 heavy (non-hydrogen) atoms. The fraction of sp³-hybridized carbons (Fsp3) is 0.765. The number of hydrogen-bond donors (Lipinski definition) is 1. The molecule has 0 aromatic carbocycles. The van der Waals surface area contributed by atoms with Gasteiger partial charge in [0.15, 0.2) is 0 Å². The topological polar surface area (TPSA) is 15.3 Å². The van der Waals surface area contributed by atoms with Gasteiger partial charge in [0.1, 0.15) is 0 Å². The Hall–Kier alpha value is -0.0300. The lowest BCUT2D eigenvalue weighted by Gasteiger charge is -2.22. The second-order valence-corrected chi connectivity index (χ2v) is 10.1. The molecule has 120 valence electrons. The molecule has 2 heterocycles. The predicted octanol–water partition coefficient (Wildman–Crippen LogP) is 4.27. The number of thioether (sulfide) groups is 1. The van der Waals surface area contributed by atoms with Gasteiger partial charge in [-0.05, 0) is 31.5 Å². The van der Waals surface area contributed by atoms with Crippen molar-refractivity contribution < 1.29 is 0 Å². The molecule has 0 radical (unpaired) electrons. The fourth-order valence-electron chi connectivity index (χ4n) is 2.60. The first-order valence-electron chi connectivity index (χ1n) is 8.03. The van der Waals surface area contributed by atoms with Crippen molar-refractivity contribution >= 4 is 23.1 Å². The molecule has 0 unspecified atom stereocenters. The van der Waals surface area contributed by atoms with E-state index in [1.54, 1.807) is 0 Å². The van der Waals surface area contributed by atoms with E-state index in [0.29, 0.717) is 10.8 Å². The van der Waals surface area contributed by atoms with E-state index >= 15 is 0 Å². The summed E-state index contributed by atoms with van der Waals surface area (Å²) in [5, 5.41) is 3.52. The van der Waals surface area contributed by atoms with E-state index in [1.807, 2.05) is 11.3 Å². The van der Waals surface area contributed by atoms with Crippen LogP contribution in [0.5, 0.6) is 0 Å². The van der Waals surface area contributed by atoms with Crippen LogP contribution < -0.4 is 5.32 Å². The van der Waals surface area contributed by atoms with Crippen molar-refractivity contribution in [3.05, 3.63) is 21.4 Å². The molecule has 0 bridgehead atoms. The molecule has 4 heteroatoms. The Labute approximate surface area is 138 Å². The van der Waals surface area contributed by atoms with Gasteiger partial charge in [0, 0.05) is 45.9 Å². The zero-order valence-electron chi connectivity index (χ0n) is 14.2. The van der Waals surface area contributed by atoms with Crippen molar-refractivity contribution in [1.29, 1.82) is 0 Å². The van der Waals surface area contributed by atoms with Gasteiger partial charge in [-0.1, -0.05) is 27.7 Å². The summed E-state index contributed by atoms with van der Waals surface area (Å²) in [7, 11) is 0. The molecule has 0 aliphatic carbocycles. The number of nitrogens with zero attached hydrogens (tertiary/aromatic N) is 1.